The Bertz CT molecular complexity index is 1220. The van der Waals surface area contributed by atoms with Gasteiger partial charge in [0, 0.05) is 22.2 Å². The van der Waals surface area contributed by atoms with Gasteiger partial charge >= 0.3 is 5.97 Å². The number of aryl methyl sites for hydroxylation is 2. The lowest BCUT2D eigenvalue weighted by Gasteiger charge is -2.09. The Morgan fingerprint density at radius 2 is 1.66 bits per heavy atom. The molecule has 1 aromatic heterocycles. The van der Waals surface area contributed by atoms with Gasteiger partial charge in [-0.3, -0.25) is 4.68 Å². The van der Waals surface area contributed by atoms with E-state index < -0.39 is 12.6 Å². The molecule has 0 aliphatic carbocycles. The van der Waals surface area contributed by atoms with Crippen LogP contribution in [0.2, 0.25) is 10.0 Å². The predicted molar refractivity (Wildman–Crippen MR) is 126 cm³/mol. The average Bonchev–Trinajstić information content (AvgIpc) is 3.22. The van der Waals surface area contributed by atoms with Crippen LogP contribution in [0.5, 0.6) is 5.75 Å². The second-order valence-electron chi connectivity index (χ2n) is 7.20. The Balaban J connectivity index is 1.74. The molecule has 0 unspecified atom stereocenters. The molecule has 4 aromatic rings. The highest BCUT2D eigenvalue weighted by Crippen LogP contribution is 2.35. The van der Waals surface area contributed by atoms with Gasteiger partial charge in [0.25, 0.3) is 0 Å². The lowest BCUT2D eigenvalue weighted by atomic mass is 10.1. The summed E-state index contributed by atoms with van der Waals surface area (Å²) in [6, 6.07) is 24.8. The number of nitrogens with zero attached hydrogens (tertiary/aromatic N) is 2. The van der Waals surface area contributed by atoms with Crippen molar-refractivity contribution in [1.29, 1.82) is 0 Å². The molecule has 0 saturated heterocycles. The SMILES string of the molecule is O=C(O)COc1ccc(Cl)cc1-c1cc(-c2ccc(Cl)cc2)n(CCc2ccccc2)n1. The van der Waals surface area contributed by atoms with Crippen LogP contribution in [0.25, 0.3) is 22.5 Å². The third kappa shape index (κ3) is 5.31. The van der Waals surface area contributed by atoms with Crippen LogP contribution in [0.15, 0.2) is 78.9 Å². The fraction of sp³-hybridized carbons (Fsp3) is 0.120. The van der Waals surface area contributed by atoms with Gasteiger partial charge in [-0.2, -0.15) is 5.10 Å². The van der Waals surface area contributed by atoms with E-state index in [4.69, 9.17) is 38.1 Å². The first-order chi connectivity index (χ1) is 15.5. The van der Waals surface area contributed by atoms with Crippen molar-refractivity contribution in [3.63, 3.8) is 0 Å². The third-order valence-electron chi connectivity index (χ3n) is 4.94. The zero-order chi connectivity index (χ0) is 22.5. The zero-order valence-electron chi connectivity index (χ0n) is 17.0. The minimum absolute atomic E-state index is 0.409. The van der Waals surface area contributed by atoms with Gasteiger partial charge in [0.2, 0.25) is 0 Å². The van der Waals surface area contributed by atoms with Crippen molar-refractivity contribution < 1.29 is 14.6 Å². The number of carboxylic acid groups (broad SMARTS) is 1. The molecule has 3 aromatic carbocycles. The van der Waals surface area contributed by atoms with Gasteiger partial charge in [0.15, 0.2) is 6.61 Å². The molecule has 0 radical (unpaired) electrons. The lowest BCUT2D eigenvalue weighted by molar-refractivity contribution is -0.139. The number of carbonyl (C=O) groups is 1. The van der Waals surface area contributed by atoms with E-state index in [2.05, 4.69) is 12.1 Å². The maximum absolute atomic E-state index is 11.0. The first-order valence-corrected chi connectivity index (χ1v) is 10.8. The smallest absolute Gasteiger partial charge is 0.341 e. The highest BCUT2D eigenvalue weighted by atomic mass is 35.5. The number of carboxylic acids is 1. The normalized spacial score (nSPS) is 10.8. The standard InChI is InChI=1S/C25H20Cl2N2O3/c26-19-8-6-18(7-9-19)23-15-22(28-29(23)13-12-17-4-2-1-3-5-17)21-14-20(27)10-11-24(21)32-16-25(30)31/h1-11,14-15H,12-13,16H2,(H,30,31). The summed E-state index contributed by atoms with van der Waals surface area (Å²) >= 11 is 12.3. The fourth-order valence-electron chi connectivity index (χ4n) is 3.42. The Hall–Kier alpha value is -3.28. The summed E-state index contributed by atoms with van der Waals surface area (Å²) in [5.41, 5.74) is 4.37. The molecule has 0 aliphatic rings. The molecule has 0 spiro atoms. The number of benzene rings is 3. The molecule has 0 aliphatic heterocycles. The largest absolute Gasteiger partial charge is 0.481 e. The van der Waals surface area contributed by atoms with Crippen molar-refractivity contribution in [2.24, 2.45) is 0 Å². The van der Waals surface area contributed by atoms with Crippen LogP contribution < -0.4 is 4.74 Å². The summed E-state index contributed by atoms with van der Waals surface area (Å²) in [6.07, 6.45) is 0.806. The number of halogens is 2. The van der Waals surface area contributed by atoms with Crippen LogP contribution in [-0.2, 0) is 17.8 Å². The number of hydrogen-bond donors (Lipinski definition) is 1. The molecule has 5 nitrogen and oxygen atoms in total. The average molecular weight is 467 g/mol. The second-order valence-corrected chi connectivity index (χ2v) is 8.08. The van der Waals surface area contributed by atoms with E-state index in [1.807, 2.05) is 53.2 Å². The van der Waals surface area contributed by atoms with Gasteiger partial charge < -0.3 is 9.84 Å². The van der Waals surface area contributed by atoms with Gasteiger partial charge in [0.1, 0.15) is 5.75 Å². The summed E-state index contributed by atoms with van der Waals surface area (Å²) in [6.45, 7) is 0.210. The predicted octanol–water partition coefficient (Wildman–Crippen LogP) is 6.23. The van der Waals surface area contributed by atoms with Crippen LogP contribution in [0.1, 0.15) is 5.56 Å². The van der Waals surface area contributed by atoms with Crippen molar-refractivity contribution in [3.05, 3.63) is 94.5 Å². The number of aliphatic carboxylic acids is 1. The van der Waals surface area contributed by atoms with Crippen LogP contribution in [-0.4, -0.2) is 27.5 Å². The quantitative estimate of drug-likeness (QED) is 0.334. The Morgan fingerprint density at radius 3 is 2.38 bits per heavy atom. The van der Waals surface area contributed by atoms with E-state index in [9.17, 15) is 4.79 Å². The number of aromatic nitrogens is 2. The molecule has 0 atom stereocenters. The molecule has 1 heterocycles. The molecule has 162 valence electrons. The minimum Gasteiger partial charge on any atom is -0.481 e. The summed E-state index contributed by atoms with van der Waals surface area (Å²) in [5.74, 6) is -0.645. The number of rotatable bonds is 8. The van der Waals surface area contributed by atoms with E-state index in [1.165, 1.54) is 5.56 Å². The van der Waals surface area contributed by atoms with Gasteiger partial charge in [-0.05, 0) is 53.9 Å². The van der Waals surface area contributed by atoms with Crippen LogP contribution >= 0.6 is 23.2 Å². The molecular formula is C25H20Cl2N2O3. The maximum Gasteiger partial charge on any atom is 0.341 e. The molecule has 0 amide bonds. The summed E-state index contributed by atoms with van der Waals surface area (Å²) in [5, 5.41) is 15.0. The monoisotopic (exact) mass is 466 g/mol. The first kappa shape index (κ1) is 21.9. The highest BCUT2D eigenvalue weighted by molar-refractivity contribution is 6.31. The molecular weight excluding hydrogens is 447 g/mol. The van der Waals surface area contributed by atoms with E-state index in [0.29, 0.717) is 33.6 Å². The Kier molecular flexibility index (Phi) is 6.78. The van der Waals surface area contributed by atoms with Crippen molar-refractivity contribution in [1.82, 2.24) is 9.78 Å². The highest BCUT2D eigenvalue weighted by Gasteiger charge is 2.16. The number of hydrogen-bond acceptors (Lipinski definition) is 3. The van der Waals surface area contributed by atoms with Crippen molar-refractivity contribution in [3.8, 4) is 28.3 Å². The Labute approximate surface area is 195 Å². The summed E-state index contributed by atoms with van der Waals surface area (Å²) < 4.78 is 7.42. The van der Waals surface area contributed by atoms with Gasteiger partial charge in [-0.1, -0.05) is 65.7 Å². The van der Waals surface area contributed by atoms with Crippen LogP contribution in [0.3, 0.4) is 0 Å². The van der Waals surface area contributed by atoms with E-state index in [1.54, 1.807) is 18.2 Å². The van der Waals surface area contributed by atoms with Gasteiger partial charge in [-0.25, -0.2) is 4.79 Å². The molecule has 4 rings (SSSR count). The second kappa shape index (κ2) is 9.90. The molecule has 32 heavy (non-hydrogen) atoms. The van der Waals surface area contributed by atoms with E-state index in [0.717, 1.165) is 17.7 Å². The van der Waals surface area contributed by atoms with Crippen molar-refractivity contribution in [2.75, 3.05) is 6.61 Å². The van der Waals surface area contributed by atoms with Crippen LogP contribution in [0.4, 0.5) is 0 Å². The van der Waals surface area contributed by atoms with Crippen molar-refractivity contribution in [2.45, 2.75) is 13.0 Å². The van der Waals surface area contributed by atoms with Gasteiger partial charge in [-0.15, -0.1) is 0 Å². The minimum atomic E-state index is -1.05. The fourth-order valence-corrected chi connectivity index (χ4v) is 3.72. The lowest BCUT2D eigenvalue weighted by Crippen LogP contribution is -2.10. The molecule has 1 N–H and O–H groups in total. The van der Waals surface area contributed by atoms with E-state index in [-0.39, 0.29) is 0 Å². The van der Waals surface area contributed by atoms with Gasteiger partial charge in [0.05, 0.1) is 11.4 Å². The first-order valence-electron chi connectivity index (χ1n) is 10.0. The van der Waals surface area contributed by atoms with Crippen LogP contribution in [0, 0.1) is 0 Å². The molecule has 7 heteroatoms. The summed E-state index contributed by atoms with van der Waals surface area (Å²) in [4.78, 5) is 11.0. The zero-order valence-corrected chi connectivity index (χ0v) is 18.6. The van der Waals surface area contributed by atoms with E-state index >= 15 is 0 Å². The van der Waals surface area contributed by atoms with Crippen molar-refractivity contribution >= 4 is 29.2 Å². The Morgan fingerprint density at radius 1 is 0.938 bits per heavy atom. The molecule has 0 saturated carbocycles. The maximum atomic E-state index is 11.0. The topological polar surface area (TPSA) is 64.3 Å². The third-order valence-corrected chi connectivity index (χ3v) is 5.43. The molecule has 0 bridgehead atoms. The molecule has 0 fully saturated rings. The summed E-state index contributed by atoms with van der Waals surface area (Å²) in [7, 11) is 0. The number of ether oxygens (including phenoxy) is 1.